The molecule has 3 rings (SSSR count). The van der Waals surface area contributed by atoms with E-state index in [1.54, 1.807) is 6.20 Å². The highest BCUT2D eigenvalue weighted by molar-refractivity contribution is 6.32. The summed E-state index contributed by atoms with van der Waals surface area (Å²) in [6.45, 7) is 2.17. The number of likely N-dealkylation sites (N-methyl/N-ethyl adjacent to an activating group) is 1. The average molecular weight is 239 g/mol. The van der Waals surface area contributed by atoms with Crippen molar-refractivity contribution >= 4 is 23.1 Å². The normalized spacial score (nSPS) is 29.0. The van der Waals surface area contributed by atoms with E-state index in [1.807, 2.05) is 6.07 Å². The van der Waals surface area contributed by atoms with E-state index in [0.29, 0.717) is 22.8 Å². The molecule has 2 aliphatic rings. The van der Waals surface area contributed by atoms with Crippen molar-refractivity contribution in [1.29, 1.82) is 0 Å². The summed E-state index contributed by atoms with van der Waals surface area (Å²) >= 11 is 5.88. The summed E-state index contributed by atoms with van der Waals surface area (Å²) in [4.78, 5) is 9.12. The predicted molar refractivity (Wildman–Crippen MR) is 65.8 cm³/mol. The van der Waals surface area contributed by atoms with Crippen molar-refractivity contribution in [3.63, 3.8) is 0 Å². The van der Waals surface area contributed by atoms with Gasteiger partial charge in [0.05, 0.1) is 10.7 Å². The third kappa shape index (κ3) is 1.44. The molecule has 2 atom stereocenters. The van der Waals surface area contributed by atoms with E-state index >= 15 is 0 Å². The number of rotatable bonds is 1. The van der Waals surface area contributed by atoms with Crippen molar-refractivity contribution < 1.29 is 0 Å². The van der Waals surface area contributed by atoms with E-state index in [0.717, 1.165) is 18.9 Å². The number of nitrogen functional groups attached to an aromatic ring is 1. The summed E-state index contributed by atoms with van der Waals surface area (Å²) in [5.74, 6) is 0.961. The molecule has 2 bridgehead atoms. The Bertz CT molecular complexity index is 420. The van der Waals surface area contributed by atoms with Gasteiger partial charge in [-0.25, -0.2) is 4.98 Å². The molecule has 2 saturated heterocycles. The van der Waals surface area contributed by atoms with Gasteiger partial charge in [-0.2, -0.15) is 0 Å². The first-order chi connectivity index (χ1) is 7.65. The largest absolute Gasteiger partial charge is 0.397 e. The number of nitrogens with zero attached hydrogens (tertiary/aromatic N) is 3. The highest BCUT2D eigenvalue weighted by Crippen LogP contribution is 2.34. The maximum absolute atomic E-state index is 5.88. The van der Waals surface area contributed by atoms with E-state index in [2.05, 4.69) is 21.8 Å². The van der Waals surface area contributed by atoms with Crippen LogP contribution in [0.15, 0.2) is 12.3 Å². The third-order valence-electron chi connectivity index (χ3n) is 3.68. The van der Waals surface area contributed by atoms with Crippen LogP contribution in [-0.4, -0.2) is 42.1 Å². The number of likely N-dealkylation sites (tertiary alicyclic amines) is 1. The average Bonchev–Trinajstić information content (AvgIpc) is 2.80. The molecule has 0 unspecified atom stereocenters. The van der Waals surface area contributed by atoms with Crippen LogP contribution in [-0.2, 0) is 0 Å². The Kier molecular flexibility index (Phi) is 2.23. The zero-order valence-electron chi connectivity index (χ0n) is 9.23. The van der Waals surface area contributed by atoms with Crippen molar-refractivity contribution in [2.24, 2.45) is 0 Å². The summed E-state index contributed by atoms with van der Waals surface area (Å²) < 4.78 is 0. The van der Waals surface area contributed by atoms with E-state index in [9.17, 15) is 0 Å². The maximum atomic E-state index is 5.88. The molecule has 3 heterocycles. The molecule has 0 amide bonds. The smallest absolute Gasteiger partial charge is 0.130 e. The number of pyridine rings is 1. The second-order valence-corrected chi connectivity index (χ2v) is 5.11. The van der Waals surface area contributed by atoms with Crippen LogP contribution in [0.2, 0.25) is 5.02 Å². The van der Waals surface area contributed by atoms with Gasteiger partial charge in [-0.15, -0.1) is 0 Å². The van der Waals surface area contributed by atoms with Gasteiger partial charge < -0.3 is 10.6 Å². The summed E-state index contributed by atoms with van der Waals surface area (Å²) in [6.07, 6.45) is 2.88. The lowest BCUT2D eigenvalue weighted by Crippen LogP contribution is -2.44. The fourth-order valence-corrected chi connectivity index (χ4v) is 2.85. The zero-order chi connectivity index (χ0) is 11.3. The van der Waals surface area contributed by atoms with Gasteiger partial charge in [0.25, 0.3) is 0 Å². The van der Waals surface area contributed by atoms with E-state index in [-0.39, 0.29) is 0 Å². The summed E-state index contributed by atoms with van der Waals surface area (Å²) in [6, 6.07) is 3.13. The van der Waals surface area contributed by atoms with Gasteiger partial charge in [0.1, 0.15) is 5.82 Å². The Labute approximate surface area is 100.0 Å². The minimum Gasteiger partial charge on any atom is -0.397 e. The van der Waals surface area contributed by atoms with Crippen LogP contribution >= 0.6 is 11.6 Å². The van der Waals surface area contributed by atoms with Crippen molar-refractivity contribution in [2.75, 3.05) is 30.8 Å². The first-order valence-corrected chi connectivity index (χ1v) is 5.91. The quantitative estimate of drug-likeness (QED) is 0.799. The molecule has 4 nitrogen and oxygen atoms in total. The lowest BCUT2D eigenvalue weighted by atomic mass is 10.2. The SMILES string of the molecule is CN1C[C@H]2C[C@@H]1CN2c1cc(N)c(Cl)cn1. The molecule has 0 saturated carbocycles. The van der Waals surface area contributed by atoms with Gasteiger partial charge in [0, 0.05) is 37.4 Å². The standard InChI is InChI=1S/C11H15ClN4/c1-15-5-8-2-7(15)6-16(8)11-3-10(13)9(12)4-14-11/h3-4,7-8H,2,5-6H2,1H3,(H2,13,14)/t7-,8-/m1/s1. The molecule has 5 heteroatoms. The van der Waals surface area contributed by atoms with Crippen LogP contribution in [0.3, 0.4) is 0 Å². The second kappa shape index (κ2) is 3.50. The van der Waals surface area contributed by atoms with Crippen LogP contribution in [0.5, 0.6) is 0 Å². The number of hydrogen-bond donors (Lipinski definition) is 1. The fraction of sp³-hybridized carbons (Fsp3) is 0.545. The topological polar surface area (TPSA) is 45.4 Å². The first-order valence-electron chi connectivity index (χ1n) is 5.53. The molecule has 1 aromatic rings. The van der Waals surface area contributed by atoms with Gasteiger partial charge >= 0.3 is 0 Å². The Morgan fingerprint density at radius 1 is 1.44 bits per heavy atom. The predicted octanol–water partition coefficient (Wildman–Crippen LogP) is 1.21. The lowest BCUT2D eigenvalue weighted by molar-refractivity contribution is 0.292. The third-order valence-corrected chi connectivity index (χ3v) is 4.00. The summed E-state index contributed by atoms with van der Waals surface area (Å²) in [5.41, 5.74) is 6.42. The number of nitrogens with two attached hydrogens (primary N) is 1. The number of fused-ring (bicyclic) bond motifs is 2. The number of piperazine rings is 1. The number of halogens is 1. The fourth-order valence-electron chi connectivity index (χ4n) is 2.75. The van der Waals surface area contributed by atoms with Gasteiger partial charge in [-0.1, -0.05) is 11.6 Å². The van der Waals surface area contributed by atoms with E-state index in [4.69, 9.17) is 17.3 Å². The molecule has 16 heavy (non-hydrogen) atoms. The van der Waals surface area contributed by atoms with E-state index in [1.165, 1.54) is 6.42 Å². The highest BCUT2D eigenvalue weighted by Gasteiger charge is 2.41. The Morgan fingerprint density at radius 3 is 2.81 bits per heavy atom. The number of hydrogen-bond acceptors (Lipinski definition) is 4. The Hall–Kier alpha value is -1.00. The highest BCUT2D eigenvalue weighted by atomic mass is 35.5. The van der Waals surface area contributed by atoms with Crippen molar-refractivity contribution in [1.82, 2.24) is 9.88 Å². The molecule has 2 N–H and O–H groups in total. The molecule has 2 aliphatic heterocycles. The molecular formula is C11H15ClN4. The molecule has 2 fully saturated rings. The van der Waals surface area contributed by atoms with Crippen molar-refractivity contribution in [2.45, 2.75) is 18.5 Å². The Balaban J connectivity index is 1.87. The van der Waals surface area contributed by atoms with E-state index < -0.39 is 0 Å². The monoisotopic (exact) mass is 238 g/mol. The van der Waals surface area contributed by atoms with Crippen LogP contribution in [0, 0.1) is 0 Å². The van der Waals surface area contributed by atoms with Crippen molar-refractivity contribution in [3.8, 4) is 0 Å². The molecule has 0 aliphatic carbocycles. The number of aromatic nitrogens is 1. The number of anilines is 2. The van der Waals surface area contributed by atoms with Gasteiger partial charge in [-0.3, -0.25) is 4.90 Å². The lowest BCUT2D eigenvalue weighted by Gasteiger charge is -2.32. The van der Waals surface area contributed by atoms with Gasteiger partial charge in [-0.05, 0) is 13.5 Å². The Morgan fingerprint density at radius 2 is 2.25 bits per heavy atom. The molecule has 0 aromatic carbocycles. The van der Waals surface area contributed by atoms with Crippen molar-refractivity contribution in [3.05, 3.63) is 17.3 Å². The minimum absolute atomic E-state index is 0.533. The van der Waals surface area contributed by atoms with Crippen LogP contribution in [0.1, 0.15) is 6.42 Å². The first kappa shape index (κ1) is 10.2. The van der Waals surface area contributed by atoms with Crippen LogP contribution < -0.4 is 10.6 Å². The minimum atomic E-state index is 0.533. The van der Waals surface area contributed by atoms with Gasteiger partial charge in [0.2, 0.25) is 0 Å². The molecule has 86 valence electrons. The summed E-state index contributed by atoms with van der Waals surface area (Å²) in [5, 5.41) is 0.533. The summed E-state index contributed by atoms with van der Waals surface area (Å²) in [7, 11) is 2.19. The molecular weight excluding hydrogens is 224 g/mol. The maximum Gasteiger partial charge on any atom is 0.130 e. The molecule has 0 radical (unpaired) electrons. The van der Waals surface area contributed by atoms with Crippen LogP contribution in [0.25, 0.3) is 0 Å². The zero-order valence-corrected chi connectivity index (χ0v) is 9.98. The van der Waals surface area contributed by atoms with Crippen LogP contribution in [0.4, 0.5) is 11.5 Å². The molecule has 0 spiro atoms. The van der Waals surface area contributed by atoms with Gasteiger partial charge in [0.15, 0.2) is 0 Å². The molecule has 1 aromatic heterocycles. The second-order valence-electron chi connectivity index (χ2n) is 4.70.